The van der Waals surface area contributed by atoms with Gasteiger partial charge in [-0.2, -0.15) is 0 Å². The maximum Gasteiger partial charge on any atom is 0.0303 e. The molecule has 3 heteroatoms. The van der Waals surface area contributed by atoms with Gasteiger partial charge in [0.05, 0.1) is 0 Å². The molecule has 1 aliphatic rings. The lowest BCUT2D eigenvalue weighted by Gasteiger charge is -2.15. The van der Waals surface area contributed by atoms with E-state index in [1.807, 2.05) is 18.5 Å². The molecule has 1 aromatic heterocycles. The van der Waals surface area contributed by atoms with E-state index >= 15 is 0 Å². The third kappa shape index (κ3) is 1.71. The predicted molar refractivity (Wildman–Crippen MR) is 52.4 cm³/mol. The first-order valence-electron chi connectivity index (χ1n) is 4.72. The minimum absolute atomic E-state index is 0.554. The molecule has 13 heavy (non-hydrogen) atoms. The summed E-state index contributed by atoms with van der Waals surface area (Å²) in [4.78, 5) is 4.13. The number of pyridine rings is 1. The van der Waals surface area contributed by atoms with Crippen LogP contribution in [0.2, 0.25) is 0 Å². The van der Waals surface area contributed by atoms with Crippen molar-refractivity contribution in [3.8, 4) is 0 Å². The van der Waals surface area contributed by atoms with Crippen molar-refractivity contribution in [2.45, 2.75) is 5.92 Å². The molecule has 0 radical (unpaired) electrons. The molecule has 1 fully saturated rings. The number of hydrogen-bond acceptors (Lipinski definition) is 3. The smallest absolute Gasteiger partial charge is 0.0303 e. The van der Waals surface area contributed by atoms with Crippen LogP contribution in [0, 0.1) is 5.92 Å². The first-order chi connectivity index (χ1) is 6.42. The van der Waals surface area contributed by atoms with Gasteiger partial charge in [0, 0.05) is 24.9 Å². The Kier molecular flexibility index (Phi) is 2.57. The van der Waals surface area contributed by atoms with E-state index in [9.17, 15) is 0 Å². The summed E-state index contributed by atoms with van der Waals surface area (Å²) < 4.78 is 0. The second kappa shape index (κ2) is 3.85. The van der Waals surface area contributed by atoms with Crippen LogP contribution in [0.5, 0.6) is 0 Å². The fourth-order valence-corrected chi connectivity index (χ4v) is 1.97. The average molecular weight is 177 g/mol. The van der Waals surface area contributed by atoms with Crippen molar-refractivity contribution in [3.05, 3.63) is 30.1 Å². The topological polar surface area (TPSA) is 50.9 Å². The van der Waals surface area contributed by atoms with E-state index in [0.717, 1.165) is 19.6 Å². The zero-order valence-electron chi connectivity index (χ0n) is 7.61. The summed E-state index contributed by atoms with van der Waals surface area (Å²) in [5.74, 6) is 1.13. The minimum Gasteiger partial charge on any atom is -0.330 e. The van der Waals surface area contributed by atoms with Gasteiger partial charge in [-0.3, -0.25) is 4.98 Å². The van der Waals surface area contributed by atoms with Gasteiger partial charge >= 0.3 is 0 Å². The van der Waals surface area contributed by atoms with Crippen LogP contribution in [0.1, 0.15) is 11.5 Å². The summed E-state index contributed by atoms with van der Waals surface area (Å²) in [7, 11) is 0. The zero-order valence-corrected chi connectivity index (χ0v) is 7.61. The maximum absolute atomic E-state index is 5.70. The highest BCUT2D eigenvalue weighted by molar-refractivity contribution is 5.18. The van der Waals surface area contributed by atoms with Gasteiger partial charge in [-0.15, -0.1) is 0 Å². The van der Waals surface area contributed by atoms with Gasteiger partial charge in [-0.05, 0) is 30.6 Å². The van der Waals surface area contributed by atoms with Crippen molar-refractivity contribution in [1.29, 1.82) is 0 Å². The number of nitrogens with one attached hydrogen (secondary N) is 1. The Morgan fingerprint density at radius 2 is 2.46 bits per heavy atom. The summed E-state index contributed by atoms with van der Waals surface area (Å²) >= 11 is 0. The summed E-state index contributed by atoms with van der Waals surface area (Å²) in [5.41, 5.74) is 7.01. The molecule has 0 spiro atoms. The molecule has 2 unspecified atom stereocenters. The SMILES string of the molecule is NCC1CNCC1c1cccnc1. The molecule has 0 bridgehead atoms. The van der Waals surface area contributed by atoms with E-state index in [1.165, 1.54) is 5.56 Å². The highest BCUT2D eigenvalue weighted by Crippen LogP contribution is 2.26. The summed E-state index contributed by atoms with van der Waals surface area (Å²) in [6.45, 7) is 2.83. The van der Waals surface area contributed by atoms with Crippen LogP contribution in [0.4, 0.5) is 0 Å². The molecule has 1 saturated heterocycles. The van der Waals surface area contributed by atoms with Gasteiger partial charge in [0.2, 0.25) is 0 Å². The molecule has 2 atom stereocenters. The largest absolute Gasteiger partial charge is 0.330 e. The van der Waals surface area contributed by atoms with Gasteiger partial charge in [0.25, 0.3) is 0 Å². The van der Waals surface area contributed by atoms with Crippen molar-refractivity contribution in [2.75, 3.05) is 19.6 Å². The summed E-state index contributed by atoms with van der Waals surface area (Å²) in [6, 6.07) is 4.12. The Labute approximate surface area is 78.4 Å². The Balaban J connectivity index is 2.16. The van der Waals surface area contributed by atoms with Crippen molar-refractivity contribution in [1.82, 2.24) is 10.3 Å². The summed E-state index contributed by atoms with van der Waals surface area (Å²) in [5, 5.41) is 3.36. The van der Waals surface area contributed by atoms with Crippen LogP contribution in [0.25, 0.3) is 0 Å². The van der Waals surface area contributed by atoms with Crippen LogP contribution in [-0.2, 0) is 0 Å². The Hall–Kier alpha value is -0.930. The van der Waals surface area contributed by atoms with Crippen molar-refractivity contribution < 1.29 is 0 Å². The van der Waals surface area contributed by atoms with Crippen LogP contribution in [0.3, 0.4) is 0 Å². The standard InChI is InChI=1S/C10H15N3/c11-4-9-6-13-7-10(9)8-2-1-3-12-5-8/h1-3,5,9-10,13H,4,6-7,11H2. The van der Waals surface area contributed by atoms with Crippen molar-refractivity contribution >= 4 is 0 Å². The molecule has 70 valence electrons. The third-order valence-corrected chi connectivity index (χ3v) is 2.76. The molecule has 0 amide bonds. The first-order valence-corrected chi connectivity index (χ1v) is 4.72. The highest BCUT2D eigenvalue weighted by atomic mass is 14.9. The number of aromatic nitrogens is 1. The molecule has 0 aliphatic carbocycles. The molecular formula is C10H15N3. The minimum atomic E-state index is 0.554. The molecule has 0 aromatic carbocycles. The number of rotatable bonds is 2. The Morgan fingerprint density at radius 1 is 1.54 bits per heavy atom. The van der Waals surface area contributed by atoms with Crippen LogP contribution in [0.15, 0.2) is 24.5 Å². The third-order valence-electron chi connectivity index (χ3n) is 2.76. The Morgan fingerprint density at radius 3 is 3.15 bits per heavy atom. The molecule has 1 aromatic rings. The van der Waals surface area contributed by atoms with Gasteiger partial charge in [-0.1, -0.05) is 6.07 Å². The van der Waals surface area contributed by atoms with Gasteiger partial charge in [0.15, 0.2) is 0 Å². The lowest BCUT2D eigenvalue weighted by molar-refractivity contribution is 0.530. The van der Waals surface area contributed by atoms with E-state index in [2.05, 4.69) is 16.4 Å². The first kappa shape index (κ1) is 8.66. The van der Waals surface area contributed by atoms with Crippen LogP contribution < -0.4 is 11.1 Å². The molecule has 0 saturated carbocycles. The normalized spacial score (nSPS) is 27.8. The van der Waals surface area contributed by atoms with Crippen molar-refractivity contribution in [3.63, 3.8) is 0 Å². The van der Waals surface area contributed by atoms with E-state index in [1.54, 1.807) is 0 Å². The van der Waals surface area contributed by atoms with Crippen LogP contribution >= 0.6 is 0 Å². The van der Waals surface area contributed by atoms with E-state index < -0.39 is 0 Å². The highest BCUT2D eigenvalue weighted by Gasteiger charge is 2.26. The maximum atomic E-state index is 5.70. The summed E-state index contributed by atoms with van der Waals surface area (Å²) in [6.07, 6.45) is 3.75. The second-order valence-corrected chi connectivity index (χ2v) is 3.55. The zero-order chi connectivity index (χ0) is 9.10. The quantitative estimate of drug-likeness (QED) is 0.685. The van der Waals surface area contributed by atoms with E-state index in [-0.39, 0.29) is 0 Å². The van der Waals surface area contributed by atoms with Crippen molar-refractivity contribution in [2.24, 2.45) is 11.7 Å². The molecule has 2 heterocycles. The van der Waals surface area contributed by atoms with Gasteiger partial charge in [0.1, 0.15) is 0 Å². The lowest BCUT2D eigenvalue weighted by Crippen LogP contribution is -2.21. The number of nitrogens with zero attached hydrogens (tertiary/aromatic N) is 1. The predicted octanol–water partition coefficient (Wildman–Crippen LogP) is 0.343. The molecule has 3 nitrogen and oxygen atoms in total. The van der Waals surface area contributed by atoms with Crippen LogP contribution in [-0.4, -0.2) is 24.6 Å². The molecule has 3 N–H and O–H groups in total. The Bertz CT molecular complexity index is 260. The lowest BCUT2D eigenvalue weighted by atomic mass is 9.90. The van der Waals surface area contributed by atoms with Gasteiger partial charge in [-0.25, -0.2) is 0 Å². The second-order valence-electron chi connectivity index (χ2n) is 3.55. The molecule has 1 aliphatic heterocycles. The van der Waals surface area contributed by atoms with E-state index in [0.29, 0.717) is 11.8 Å². The number of hydrogen-bond donors (Lipinski definition) is 2. The molecular weight excluding hydrogens is 162 g/mol. The number of nitrogens with two attached hydrogens (primary N) is 1. The molecule has 2 rings (SSSR count). The van der Waals surface area contributed by atoms with Gasteiger partial charge < -0.3 is 11.1 Å². The monoisotopic (exact) mass is 177 g/mol. The fourth-order valence-electron chi connectivity index (χ4n) is 1.97. The fraction of sp³-hybridized carbons (Fsp3) is 0.500. The average Bonchev–Trinajstić information content (AvgIpc) is 2.67. The van der Waals surface area contributed by atoms with E-state index in [4.69, 9.17) is 5.73 Å².